The number of hydrogen-bond donors (Lipinski definition) is 0. The predicted octanol–water partition coefficient (Wildman–Crippen LogP) is 3.67. The molecule has 0 aliphatic carbocycles. The molecule has 1 aromatic rings. The molecular formula is C19H27FN2NaO2. The van der Waals surface area contributed by atoms with E-state index in [2.05, 4.69) is 4.90 Å². The summed E-state index contributed by atoms with van der Waals surface area (Å²) in [5, 5.41) is 0. The van der Waals surface area contributed by atoms with Crippen LogP contribution in [0.4, 0.5) is 14.9 Å². The fourth-order valence-electron chi connectivity index (χ4n) is 3.72. The van der Waals surface area contributed by atoms with Gasteiger partial charge in [-0.15, -0.1) is 0 Å². The maximum Gasteiger partial charge on any atom is 0.410 e. The smallest absolute Gasteiger partial charge is 0.410 e. The second kappa shape index (κ2) is 7.85. The molecule has 0 saturated carbocycles. The van der Waals surface area contributed by atoms with Crippen LogP contribution in [0.15, 0.2) is 24.3 Å². The monoisotopic (exact) mass is 357 g/mol. The van der Waals surface area contributed by atoms with E-state index in [-0.39, 0.29) is 46.9 Å². The molecule has 6 heteroatoms. The number of benzene rings is 1. The Labute approximate surface area is 172 Å². The van der Waals surface area contributed by atoms with E-state index in [1.54, 1.807) is 0 Å². The summed E-state index contributed by atoms with van der Waals surface area (Å²) in [6.07, 6.45) is 2.97. The van der Waals surface area contributed by atoms with Crippen LogP contribution in [0, 0.1) is 11.2 Å². The molecule has 2 heterocycles. The largest absolute Gasteiger partial charge is 0.444 e. The molecule has 0 atom stereocenters. The molecule has 1 aromatic carbocycles. The number of ether oxygens (including phenoxy) is 1. The Hall–Kier alpha value is -0.780. The first-order valence-electron chi connectivity index (χ1n) is 8.75. The Morgan fingerprint density at radius 3 is 2.20 bits per heavy atom. The predicted molar refractivity (Wildman–Crippen MR) is 98.5 cm³/mol. The van der Waals surface area contributed by atoms with Crippen LogP contribution in [0.2, 0.25) is 0 Å². The second-order valence-corrected chi connectivity index (χ2v) is 8.12. The maximum absolute atomic E-state index is 13.1. The fraction of sp³-hybridized carbons (Fsp3) is 0.632. The number of carbonyl (C=O) groups is 1. The molecule has 4 nitrogen and oxygen atoms in total. The summed E-state index contributed by atoms with van der Waals surface area (Å²) >= 11 is 0. The number of piperidine rings is 1. The normalized spacial score (nSPS) is 19.7. The van der Waals surface area contributed by atoms with Gasteiger partial charge in [0.05, 0.1) is 0 Å². The Morgan fingerprint density at radius 2 is 1.64 bits per heavy atom. The molecule has 2 fully saturated rings. The standard InChI is InChI=1S/C19H27FN2O2.Na/c1-18(2,3)24-17(23)22-13-10-19(14-22)8-11-21(12-9-19)16-6-4-15(20)5-7-16;/h4-7H,8-14H2,1-3H3;. The molecule has 0 aromatic heterocycles. The van der Waals surface area contributed by atoms with Gasteiger partial charge in [-0.3, -0.25) is 0 Å². The number of carbonyl (C=O) groups excluding carboxylic acids is 1. The number of amides is 1. The molecule has 133 valence electrons. The number of hydrogen-bond acceptors (Lipinski definition) is 3. The van der Waals surface area contributed by atoms with Crippen molar-refractivity contribution in [3.63, 3.8) is 0 Å². The van der Waals surface area contributed by atoms with Gasteiger partial charge in [0.25, 0.3) is 0 Å². The van der Waals surface area contributed by atoms with Crippen LogP contribution in [0.25, 0.3) is 0 Å². The molecule has 2 saturated heterocycles. The van der Waals surface area contributed by atoms with E-state index in [9.17, 15) is 9.18 Å². The average molecular weight is 357 g/mol. The van der Waals surface area contributed by atoms with Crippen LogP contribution >= 0.6 is 0 Å². The second-order valence-electron chi connectivity index (χ2n) is 8.12. The molecule has 0 N–H and O–H groups in total. The SMILES string of the molecule is CC(C)(C)OC(=O)N1CCC2(CCN(c3ccc(F)cc3)CC2)C1.[Na]. The third-order valence-corrected chi connectivity index (χ3v) is 5.11. The molecule has 0 bridgehead atoms. The first-order chi connectivity index (χ1) is 11.3. The Bertz CT molecular complexity index is 592. The van der Waals surface area contributed by atoms with Gasteiger partial charge in [0, 0.05) is 61.4 Å². The van der Waals surface area contributed by atoms with Crippen molar-refractivity contribution in [2.45, 2.75) is 45.6 Å². The summed E-state index contributed by atoms with van der Waals surface area (Å²) in [4.78, 5) is 16.4. The third-order valence-electron chi connectivity index (χ3n) is 5.11. The van der Waals surface area contributed by atoms with Crippen LogP contribution in [-0.4, -0.2) is 72.3 Å². The van der Waals surface area contributed by atoms with Gasteiger partial charge < -0.3 is 14.5 Å². The molecule has 0 unspecified atom stereocenters. The van der Waals surface area contributed by atoms with E-state index in [0.29, 0.717) is 0 Å². The van der Waals surface area contributed by atoms with E-state index in [0.717, 1.165) is 51.1 Å². The van der Waals surface area contributed by atoms with Crippen molar-refractivity contribution in [2.24, 2.45) is 5.41 Å². The fourth-order valence-corrected chi connectivity index (χ4v) is 3.72. The van der Waals surface area contributed by atoms with Crippen molar-refractivity contribution in [1.29, 1.82) is 0 Å². The molecule has 2 aliphatic rings. The van der Waals surface area contributed by atoms with E-state index < -0.39 is 5.60 Å². The average Bonchev–Trinajstić information content (AvgIpc) is 2.92. The van der Waals surface area contributed by atoms with Gasteiger partial charge in [0.2, 0.25) is 0 Å². The summed E-state index contributed by atoms with van der Waals surface area (Å²) in [5.41, 5.74) is 0.847. The zero-order chi connectivity index (χ0) is 17.4. The zero-order valence-electron chi connectivity index (χ0n) is 15.8. The van der Waals surface area contributed by atoms with Crippen molar-refractivity contribution in [3.05, 3.63) is 30.1 Å². The number of nitrogens with zero attached hydrogens (tertiary/aromatic N) is 2. The van der Waals surface area contributed by atoms with Crippen LogP contribution in [0.5, 0.6) is 0 Å². The first-order valence-corrected chi connectivity index (χ1v) is 8.75. The molecule has 2 aliphatic heterocycles. The van der Waals surface area contributed by atoms with Crippen molar-refractivity contribution in [1.82, 2.24) is 4.90 Å². The summed E-state index contributed by atoms with van der Waals surface area (Å²) in [5.74, 6) is -0.198. The minimum atomic E-state index is -0.446. The molecule has 25 heavy (non-hydrogen) atoms. The van der Waals surface area contributed by atoms with Gasteiger partial charge in [-0.2, -0.15) is 0 Å². The molecule has 3 rings (SSSR count). The Morgan fingerprint density at radius 1 is 1.08 bits per heavy atom. The van der Waals surface area contributed by atoms with Crippen LogP contribution < -0.4 is 4.90 Å². The van der Waals surface area contributed by atoms with Crippen molar-refractivity contribution >= 4 is 41.3 Å². The van der Waals surface area contributed by atoms with Crippen LogP contribution in [0.1, 0.15) is 40.0 Å². The van der Waals surface area contributed by atoms with Gasteiger partial charge in [-0.05, 0) is 69.7 Å². The minimum Gasteiger partial charge on any atom is -0.444 e. The summed E-state index contributed by atoms with van der Waals surface area (Å²) in [6.45, 7) is 9.18. The van der Waals surface area contributed by atoms with Crippen LogP contribution in [0.3, 0.4) is 0 Å². The quantitative estimate of drug-likeness (QED) is 0.719. The molecule has 1 spiro atoms. The van der Waals surface area contributed by atoms with Gasteiger partial charge >= 0.3 is 6.09 Å². The molecular weight excluding hydrogens is 330 g/mol. The first kappa shape index (κ1) is 20.5. The van der Waals surface area contributed by atoms with Gasteiger partial charge in [-0.25, -0.2) is 9.18 Å². The Kier molecular flexibility index (Phi) is 6.45. The Balaban J connectivity index is 0.00000225. The van der Waals surface area contributed by atoms with Crippen LogP contribution in [-0.2, 0) is 4.74 Å². The van der Waals surface area contributed by atoms with Crippen molar-refractivity contribution < 1.29 is 13.9 Å². The number of likely N-dealkylation sites (tertiary alicyclic amines) is 1. The number of anilines is 1. The van der Waals surface area contributed by atoms with Gasteiger partial charge in [0.1, 0.15) is 11.4 Å². The summed E-state index contributed by atoms with van der Waals surface area (Å²) in [6, 6.07) is 6.71. The number of halogens is 1. The summed E-state index contributed by atoms with van der Waals surface area (Å²) in [7, 11) is 0. The zero-order valence-corrected chi connectivity index (χ0v) is 17.8. The van der Waals surface area contributed by atoms with E-state index >= 15 is 0 Å². The van der Waals surface area contributed by atoms with E-state index in [1.165, 1.54) is 12.1 Å². The van der Waals surface area contributed by atoms with E-state index in [1.807, 2.05) is 37.8 Å². The molecule has 1 amide bonds. The van der Waals surface area contributed by atoms with Crippen molar-refractivity contribution in [2.75, 3.05) is 31.1 Å². The minimum absolute atomic E-state index is 0. The summed E-state index contributed by atoms with van der Waals surface area (Å²) < 4.78 is 18.6. The number of rotatable bonds is 1. The van der Waals surface area contributed by atoms with Gasteiger partial charge in [0.15, 0.2) is 0 Å². The van der Waals surface area contributed by atoms with E-state index in [4.69, 9.17) is 4.74 Å². The van der Waals surface area contributed by atoms with Gasteiger partial charge in [-0.1, -0.05) is 0 Å². The van der Waals surface area contributed by atoms with Crippen molar-refractivity contribution in [3.8, 4) is 0 Å². The topological polar surface area (TPSA) is 32.8 Å². The third kappa shape index (κ3) is 5.11. The molecule has 1 radical (unpaired) electrons. The maximum atomic E-state index is 13.1.